The molecule has 0 amide bonds. The van der Waals surface area contributed by atoms with E-state index in [4.69, 9.17) is 18.9 Å². The quantitative estimate of drug-likeness (QED) is 0.388. The molecule has 0 atom stereocenters. The van der Waals surface area contributed by atoms with E-state index >= 15 is 0 Å². The third-order valence-electron chi connectivity index (χ3n) is 4.82. The van der Waals surface area contributed by atoms with Crippen LogP contribution in [0.5, 0.6) is 5.75 Å². The third kappa shape index (κ3) is 5.37. The Morgan fingerprint density at radius 2 is 1.56 bits per heavy atom. The lowest BCUT2D eigenvalue weighted by atomic mass is 10.1. The van der Waals surface area contributed by atoms with E-state index in [-0.39, 0.29) is 29.2 Å². The van der Waals surface area contributed by atoms with E-state index in [0.717, 1.165) is 5.56 Å². The summed E-state index contributed by atoms with van der Waals surface area (Å²) in [7, 11) is 3.71. The smallest absolute Gasteiger partial charge is 0.355 e. The highest BCUT2D eigenvalue weighted by Gasteiger charge is 2.31. The first-order valence-corrected chi connectivity index (χ1v) is 10.8. The molecule has 0 radical (unpaired) electrons. The van der Waals surface area contributed by atoms with Gasteiger partial charge >= 0.3 is 17.9 Å². The zero-order chi connectivity index (χ0) is 24.7. The van der Waals surface area contributed by atoms with Gasteiger partial charge in [0.15, 0.2) is 0 Å². The third-order valence-corrected chi connectivity index (χ3v) is 5.42. The van der Waals surface area contributed by atoms with Crippen LogP contribution in [0.1, 0.15) is 15.9 Å². The SMILES string of the molecule is COC(=O)C1=C(C(=O)OC)N(c2c(Br)cc(C(=O)OC)cc2OCc2ccccc2)C=CC=C1. The molecule has 8 nitrogen and oxygen atoms in total. The molecule has 2 aromatic carbocycles. The van der Waals surface area contributed by atoms with E-state index in [1.54, 1.807) is 18.4 Å². The van der Waals surface area contributed by atoms with Crippen molar-refractivity contribution in [3.63, 3.8) is 0 Å². The second-order valence-corrected chi connectivity index (χ2v) is 7.74. The van der Waals surface area contributed by atoms with E-state index in [2.05, 4.69) is 15.9 Å². The molecule has 2 aromatic rings. The number of methoxy groups -OCH3 is 3. The van der Waals surface area contributed by atoms with Gasteiger partial charge in [-0.25, -0.2) is 14.4 Å². The molecule has 0 saturated carbocycles. The Morgan fingerprint density at radius 3 is 2.21 bits per heavy atom. The summed E-state index contributed by atoms with van der Waals surface area (Å²) in [6, 6.07) is 12.5. The van der Waals surface area contributed by atoms with Crippen LogP contribution in [-0.4, -0.2) is 39.2 Å². The number of rotatable bonds is 7. The van der Waals surface area contributed by atoms with Gasteiger partial charge in [-0.3, -0.25) is 0 Å². The summed E-state index contributed by atoms with van der Waals surface area (Å²) in [6.07, 6.45) is 6.26. The van der Waals surface area contributed by atoms with Gasteiger partial charge in [0.2, 0.25) is 0 Å². The van der Waals surface area contributed by atoms with Gasteiger partial charge in [-0.15, -0.1) is 0 Å². The number of anilines is 1. The fraction of sp³-hybridized carbons (Fsp3) is 0.160. The van der Waals surface area contributed by atoms with Gasteiger partial charge in [0, 0.05) is 10.7 Å². The van der Waals surface area contributed by atoms with Gasteiger partial charge in [0.25, 0.3) is 0 Å². The minimum Gasteiger partial charge on any atom is -0.487 e. The topological polar surface area (TPSA) is 91.4 Å². The van der Waals surface area contributed by atoms with Gasteiger partial charge in [-0.05, 0) is 45.8 Å². The Bertz CT molecular complexity index is 1190. The Kier molecular flexibility index (Phi) is 8.26. The molecule has 1 aliphatic heterocycles. The van der Waals surface area contributed by atoms with Gasteiger partial charge < -0.3 is 23.8 Å². The van der Waals surface area contributed by atoms with Crippen molar-refractivity contribution in [2.75, 3.05) is 26.2 Å². The fourth-order valence-electron chi connectivity index (χ4n) is 3.23. The van der Waals surface area contributed by atoms with Crippen LogP contribution in [0, 0.1) is 0 Å². The second kappa shape index (κ2) is 11.3. The summed E-state index contributed by atoms with van der Waals surface area (Å²) in [5, 5.41) is 0. The van der Waals surface area contributed by atoms with Crippen molar-refractivity contribution < 1.29 is 33.3 Å². The Hall–Kier alpha value is -3.85. The molecule has 0 bridgehead atoms. The monoisotopic (exact) mass is 527 g/mol. The molecule has 9 heteroatoms. The number of nitrogens with zero attached hydrogens (tertiary/aromatic N) is 1. The van der Waals surface area contributed by atoms with E-state index in [1.165, 1.54) is 44.4 Å². The second-order valence-electron chi connectivity index (χ2n) is 6.89. The van der Waals surface area contributed by atoms with Gasteiger partial charge in [-0.2, -0.15) is 0 Å². The highest BCUT2D eigenvalue weighted by molar-refractivity contribution is 9.10. The number of carbonyl (C=O) groups excluding carboxylic acids is 3. The van der Waals surface area contributed by atoms with Crippen LogP contribution in [0.4, 0.5) is 5.69 Å². The lowest BCUT2D eigenvalue weighted by Crippen LogP contribution is -2.27. The minimum atomic E-state index is -0.769. The van der Waals surface area contributed by atoms with E-state index < -0.39 is 17.9 Å². The van der Waals surface area contributed by atoms with Crippen molar-refractivity contribution in [1.29, 1.82) is 0 Å². The number of allylic oxidation sites excluding steroid dienone is 2. The molecule has 0 aliphatic carbocycles. The molecule has 1 heterocycles. The average molecular weight is 528 g/mol. The van der Waals surface area contributed by atoms with E-state index in [9.17, 15) is 14.4 Å². The first-order chi connectivity index (χ1) is 16.4. The molecule has 34 heavy (non-hydrogen) atoms. The highest BCUT2D eigenvalue weighted by Crippen LogP contribution is 2.41. The van der Waals surface area contributed by atoms with Crippen molar-refractivity contribution in [2.45, 2.75) is 6.61 Å². The van der Waals surface area contributed by atoms with Crippen LogP contribution in [0.15, 0.2) is 82.6 Å². The maximum atomic E-state index is 12.8. The highest BCUT2D eigenvalue weighted by atomic mass is 79.9. The van der Waals surface area contributed by atoms with Crippen LogP contribution in [0.3, 0.4) is 0 Å². The largest absolute Gasteiger partial charge is 0.487 e. The van der Waals surface area contributed by atoms with Crippen LogP contribution >= 0.6 is 15.9 Å². The lowest BCUT2D eigenvalue weighted by Gasteiger charge is -2.26. The average Bonchev–Trinajstić information content (AvgIpc) is 3.09. The first kappa shape index (κ1) is 24.8. The van der Waals surface area contributed by atoms with Crippen molar-refractivity contribution in [1.82, 2.24) is 0 Å². The normalized spacial score (nSPS) is 12.8. The van der Waals surface area contributed by atoms with Crippen molar-refractivity contribution >= 4 is 39.5 Å². The van der Waals surface area contributed by atoms with E-state index in [1.807, 2.05) is 30.3 Å². The number of halogens is 1. The number of benzene rings is 2. The number of carbonyl (C=O) groups is 3. The zero-order valence-corrected chi connectivity index (χ0v) is 20.3. The van der Waals surface area contributed by atoms with Gasteiger partial charge in [0.1, 0.15) is 23.7 Å². The zero-order valence-electron chi connectivity index (χ0n) is 18.7. The molecule has 0 N–H and O–H groups in total. The summed E-state index contributed by atoms with van der Waals surface area (Å²) >= 11 is 3.48. The molecule has 176 valence electrons. The van der Waals surface area contributed by atoms with Crippen molar-refractivity contribution in [2.24, 2.45) is 0 Å². The Balaban J connectivity index is 2.21. The summed E-state index contributed by atoms with van der Waals surface area (Å²) in [6.45, 7) is 0.182. The fourth-order valence-corrected chi connectivity index (χ4v) is 3.86. The van der Waals surface area contributed by atoms with Crippen LogP contribution in [0.2, 0.25) is 0 Å². The summed E-state index contributed by atoms with van der Waals surface area (Å²) in [5.41, 5.74) is 1.38. The standard InChI is InChI=1S/C25H22BrNO7/c1-31-23(28)17-13-19(26)22(20(14-17)34-15-16-9-5-4-6-10-16)27-12-8-7-11-18(24(29)32-2)21(27)25(30)33-3/h4-14H,15H2,1-3H3. The lowest BCUT2D eigenvalue weighted by molar-refractivity contribution is -0.139. The maximum absolute atomic E-state index is 12.8. The van der Waals surface area contributed by atoms with Gasteiger partial charge in [-0.1, -0.05) is 36.4 Å². The number of hydrogen-bond acceptors (Lipinski definition) is 8. The predicted octanol–water partition coefficient (Wildman–Crippen LogP) is 4.30. The first-order valence-electron chi connectivity index (χ1n) is 10.0. The Morgan fingerprint density at radius 1 is 0.882 bits per heavy atom. The van der Waals surface area contributed by atoms with Crippen molar-refractivity contribution in [3.8, 4) is 5.75 Å². The molecule has 1 aliphatic rings. The maximum Gasteiger partial charge on any atom is 0.355 e. The number of ether oxygens (including phenoxy) is 4. The molecule has 0 aromatic heterocycles. The molecule has 0 spiro atoms. The number of esters is 3. The van der Waals surface area contributed by atoms with Crippen molar-refractivity contribution in [3.05, 3.63) is 93.8 Å². The molecule has 3 rings (SSSR count). The Labute approximate surface area is 205 Å². The van der Waals surface area contributed by atoms with Gasteiger partial charge in [0.05, 0.1) is 32.5 Å². The molecule has 0 saturated heterocycles. The van der Waals surface area contributed by atoms with Crippen LogP contribution < -0.4 is 9.64 Å². The number of hydrogen-bond donors (Lipinski definition) is 0. The summed E-state index contributed by atoms with van der Waals surface area (Å²) < 4.78 is 21.2. The van der Waals surface area contributed by atoms with E-state index in [0.29, 0.717) is 10.2 Å². The molecular formula is C25H22BrNO7. The predicted molar refractivity (Wildman–Crippen MR) is 128 cm³/mol. The molecule has 0 unspecified atom stereocenters. The molecular weight excluding hydrogens is 506 g/mol. The minimum absolute atomic E-state index is 0.0164. The molecule has 0 fully saturated rings. The summed E-state index contributed by atoms with van der Waals surface area (Å²) in [4.78, 5) is 39.0. The summed E-state index contributed by atoms with van der Waals surface area (Å²) in [5.74, 6) is -1.80. The van der Waals surface area contributed by atoms with Crippen LogP contribution in [0.25, 0.3) is 0 Å². The van der Waals surface area contributed by atoms with Crippen LogP contribution in [-0.2, 0) is 30.4 Å².